The van der Waals surface area contributed by atoms with Crippen LogP contribution in [-0.2, 0) is 13.1 Å². The molecule has 3 heteroatoms. The van der Waals surface area contributed by atoms with Crippen LogP contribution < -0.4 is 14.0 Å². The molecule has 184 valence electrons. The maximum absolute atomic E-state index is 2.34. The van der Waals surface area contributed by atoms with Crippen molar-refractivity contribution >= 4 is 29.2 Å². The van der Waals surface area contributed by atoms with Gasteiger partial charge in [0, 0.05) is 41.3 Å². The number of aryl methyl sites for hydroxylation is 3. The van der Waals surface area contributed by atoms with Crippen molar-refractivity contribution in [1.29, 1.82) is 0 Å². The summed E-state index contributed by atoms with van der Waals surface area (Å²) in [5, 5.41) is 0. The first-order valence-electron chi connectivity index (χ1n) is 13.1. The molecule has 0 saturated carbocycles. The number of pyridine rings is 2. The third-order valence-electron chi connectivity index (χ3n) is 6.96. The number of anilines is 3. The van der Waals surface area contributed by atoms with Gasteiger partial charge in [-0.25, -0.2) is 0 Å². The first-order chi connectivity index (χ1) is 18.7. The standard InChI is InChI=1S/C35H31N3/c1-28-20-22-36-24-25-37-23-21-30(27-35(37)34(36)26-28)11-9-8-10-29-16-18-33(19-17-29)38(31-12-4-2-5-13-31)32-14-6-3-7-15-32/h2-23,26-27H,24-25H2,1H3/q+2. The van der Waals surface area contributed by atoms with Crippen molar-refractivity contribution in [2.24, 2.45) is 0 Å². The van der Waals surface area contributed by atoms with Crippen molar-refractivity contribution < 1.29 is 9.13 Å². The lowest BCUT2D eigenvalue weighted by Crippen LogP contribution is -2.53. The summed E-state index contributed by atoms with van der Waals surface area (Å²) >= 11 is 0. The number of allylic oxidation sites excluding steroid dienone is 2. The Morgan fingerprint density at radius 2 is 1.08 bits per heavy atom. The predicted molar refractivity (Wildman–Crippen MR) is 156 cm³/mol. The zero-order valence-electron chi connectivity index (χ0n) is 21.6. The van der Waals surface area contributed by atoms with Crippen LogP contribution in [0, 0.1) is 6.92 Å². The highest BCUT2D eigenvalue weighted by Gasteiger charge is 2.29. The second-order valence-electron chi connectivity index (χ2n) is 9.64. The summed E-state index contributed by atoms with van der Waals surface area (Å²) in [6.45, 7) is 4.17. The minimum Gasteiger partial charge on any atom is -0.311 e. The molecule has 0 amide bonds. The average molecular weight is 494 g/mol. The van der Waals surface area contributed by atoms with E-state index in [1.807, 2.05) is 0 Å². The van der Waals surface area contributed by atoms with Gasteiger partial charge in [-0.15, -0.1) is 0 Å². The van der Waals surface area contributed by atoms with Gasteiger partial charge in [-0.3, -0.25) is 0 Å². The minimum atomic E-state index is 1.00. The van der Waals surface area contributed by atoms with Gasteiger partial charge in [-0.05, 0) is 60.0 Å². The summed E-state index contributed by atoms with van der Waals surface area (Å²) in [6, 6.07) is 38.6. The van der Waals surface area contributed by atoms with Crippen molar-refractivity contribution in [2.75, 3.05) is 4.90 Å². The van der Waals surface area contributed by atoms with Gasteiger partial charge in [-0.2, -0.15) is 9.13 Å². The lowest BCUT2D eigenvalue weighted by molar-refractivity contribution is -0.794. The molecular weight excluding hydrogens is 462 g/mol. The number of hydrogen-bond donors (Lipinski definition) is 0. The fraction of sp³-hybridized carbons (Fsp3) is 0.0857. The average Bonchev–Trinajstić information content (AvgIpc) is 2.97. The molecule has 2 aromatic heterocycles. The number of benzene rings is 3. The van der Waals surface area contributed by atoms with E-state index in [0.717, 1.165) is 30.2 Å². The maximum atomic E-state index is 2.34. The molecular formula is C35H31N3+2. The van der Waals surface area contributed by atoms with E-state index < -0.39 is 0 Å². The smallest absolute Gasteiger partial charge is 0.278 e. The molecule has 1 aliphatic rings. The van der Waals surface area contributed by atoms with Crippen LogP contribution in [0.15, 0.2) is 134 Å². The summed E-state index contributed by atoms with van der Waals surface area (Å²) in [4.78, 5) is 2.28. The van der Waals surface area contributed by atoms with Gasteiger partial charge in [0.1, 0.15) is 0 Å². The van der Waals surface area contributed by atoms with E-state index in [-0.39, 0.29) is 0 Å². The first kappa shape index (κ1) is 23.6. The summed E-state index contributed by atoms with van der Waals surface area (Å²) in [7, 11) is 0. The molecule has 3 heterocycles. The van der Waals surface area contributed by atoms with Crippen LogP contribution in [0.3, 0.4) is 0 Å². The Balaban J connectivity index is 1.19. The van der Waals surface area contributed by atoms with E-state index in [1.54, 1.807) is 0 Å². The first-order valence-corrected chi connectivity index (χ1v) is 13.1. The second-order valence-corrected chi connectivity index (χ2v) is 9.64. The minimum absolute atomic E-state index is 1.00. The zero-order chi connectivity index (χ0) is 25.7. The SMILES string of the molecule is Cc1cc[n+]2c(c1)-c1cc(/C=C/C=C/c3ccc(N(c4ccccc4)c4ccccc4)cc3)cc[n+]1CC2. The Morgan fingerprint density at radius 1 is 0.553 bits per heavy atom. The monoisotopic (exact) mass is 493 g/mol. The Morgan fingerprint density at radius 3 is 1.71 bits per heavy atom. The molecule has 3 nitrogen and oxygen atoms in total. The molecule has 0 unspecified atom stereocenters. The second kappa shape index (κ2) is 10.7. The van der Waals surface area contributed by atoms with E-state index in [0.29, 0.717) is 0 Å². The molecule has 0 radical (unpaired) electrons. The molecule has 0 N–H and O–H groups in total. The molecule has 38 heavy (non-hydrogen) atoms. The summed E-state index contributed by atoms with van der Waals surface area (Å²) in [5.41, 5.74) is 9.62. The largest absolute Gasteiger partial charge is 0.311 e. The van der Waals surface area contributed by atoms with Gasteiger partial charge in [0.05, 0.1) is 0 Å². The fourth-order valence-corrected chi connectivity index (χ4v) is 5.00. The van der Waals surface area contributed by atoms with Crippen molar-refractivity contribution in [1.82, 2.24) is 0 Å². The highest BCUT2D eigenvalue weighted by Crippen LogP contribution is 2.34. The maximum Gasteiger partial charge on any atom is 0.278 e. The van der Waals surface area contributed by atoms with Crippen molar-refractivity contribution in [3.63, 3.8) is 0 Å². The summed E-state index contributed by atoms with van der Waals surface area (Å²) < 4.78 is 4.69. The summed E-state index contributed by atoms with van der Waals surface area (Å²) in [5.74, 6) is 0. The van der Waals surface area contributed by atoms with Gasteiger partial charge in [0.25, 0.3) is 11.4 Å². The molecule has 0 aliphatic carbocycles. The Kier molecular flexibility index (Phi) is 6.65. The Bertz CT molecular complexity index is 1560. The van der Waals surface area contributed by atoms with Crippen LogP contribution in [0.4, 0.5) is 17.1 Å². The lowest BCUT2D eigenvalue weighted by Gasteiger charge is -2.25. The van der Waals surface area contributed by atoms with Crippen LogP contribution in [0.2, 0.25) is 0 Å². The van der Waals surface area contributed by atoms with Crippen molar-refractivity contribution in [3.8, 4) is 11.4 Å². The zero-order valence-corrected chi connectivity index (χ0v) is 21.6. The topological polar surface area (TPSA) is 11.0 Å². The van der Waals surface area contributed by atoms with E-state index >= 15 is 0 Å². The molecule has 0 fully saturated rings. The highest BCUT2D eigenvalue weighted by atomic mass is 15.1. The van der Waals surface area contributed by atoms with Crippen LogP contribution in [0.1, 0.15) is 16.7 Å². The van der Waals surface area contributed by atoms with Crippen LogP contribution in [-0.4, -0.2) is 0 Å². The third-order valence-corrected chi connectivity index (χ3v) is 6.96. The molecule has 0 atom stereocenters. The van der Waals surface area contributed by atoms with Gasteiger partial charge < -0.3 is 4.90 Å². The molecule has 1 aliphatic heterocycles. The number of hydrogen-bond acceptors (Lipinski definition) is 1. The van der Waals surface area contributed by atoms with Crippen LogP contribution in [0.25, 0.3) is 23.5 Å². The van der Waals surface area contributed by atoms with Gasteiger partial charge >= 0.3 is 0 Å². The molecule has 0 spiro atoms. The number of para-hydroxylation sites is 2. The van der Waals surface area contributed by atoms with Gasteiger partial charge in [0.2, 0.25) is 13.1 Å². The number of rotatable bonds is 6. The Hall–Kier alpha value is -4.76. The van der Waals surface area contributed by atoms with Crippen molar-refractivity contribution in [3.05, 3.63) is 150 Å². The normalized spacial score (nSPS) is 12.4. The fourth-order valence-electron chi connectivity index (χ4n) is 5.00. The van der Waals surface area contributed by atoms with E-state index in [4.69, 9.17) is 0 Å². The van der Waals surface area contributed by atoms with Gasteiger partial charge in [0.15, 0.2) is 12.4 Å². The molecule has 3 aromatic carbocycles. The Labute approximate surface area is 224 Å². The number of fused-ring (bicyclic) bond motifs is 3. The van der Waals surface area contributed by atoms with Crippen molar-refractivity contribution in [2.45, 2.75) is 20.0 Å². The van der Waals surface area contributed by atoms with Gasteiger partial charge in [-0.1, -0.05) is 72.8 Å². The third kappa shape index (κ3) is 5.05. The molecule has 0 bridgehead atoms. The summed E-state index contributed by atoms with van der Waals surface area (Å²) in [6.07, 6.45) is 13.0. The van der Waals surface area contributed by atoms with E-state index in [1.165, 1.54) is 28.1 Å². The quantitative estimate of drug-likeness (QED) is 0.177. The molecule has 0 saturated heterocycles. The van der Waals surface area contributed by atoms with E-state index in [2.05, 4.69) is 167 Å². The molecule has 6 rings (SSSR count). The number of aromatic nitrogens is 2. The highest BCUT2D eigenvalue weighted by molar-refractivity contribution is 5.77. The van der Waals surface area contributed by atoms with Crippen LogP contribution in [0.5, 0.6) is 0 Å². The van der Waals surface area contributed by atoms with Crippen LogP contribution >= 0.6 is 0 Å². The van der Waals surface area contributed by atoms with E-state index in [9.17, 15) is 0 Å². The predicted octanol–water partition coefficient (Wildman–Crippen LogP) is 7.45. The molecule has 5 aromatic rings. The lowest BCUT2D eigenvalue weighted by atomic mass is 10.1. The number of nitrogens with zero attached hydrogens (tertiary/aromatic N) is 3.